The summed E-state index contributed by atoms with van der Waals surface area (Å²) in [5.41, 5.74) is 11.0. The number of unbranched alkanes of at least 4 members (excludes halogenated alkanes) is 3. The minimum atomic E-state index is -0.429. The Morgan fingerprint density at radius 3 is 1.73 bits per heavy atom. The maximum Gasteiger partial charge on any atom is 4.00 e. The Morgan fingerprint density at radius 2 is 1.23 bits per heavy atom. The van der Waals surface area contributed by atoms with E-state index in [1.165, 1.54) is 61.6 Å². The molecule has 5 heteroatoms. The van der Waals surface area contributed by atoms with Crippen LogP contribution in [0.2, 0.25) is 0 Å². The van der Waals surface area contributed by atoms with Crippen molar-refractivity contribution in [2.75, 3.05) is 0 Å². The summed E-state index contributed by atoms with van der Waals surface area (Å²) in [7, 11) is -0.429. The molecule has 0 bridgehead atoms. The van der Waals surface area contributed by atoms with Crippen molar-refractivity contribution in [1.29, 1.82) is 0 Å². The van der Waals surface area contributed by atoms with Gasteiger partial charge in [0.25, 0.3) is 0 Å². The first kappa shape index (κ1) is 35.0. The second-order valence-corrected chi connectivity index (χ2v) is 9.97. The van der Waals surface area contributed by atoms with E-state index in [1.807, 2.05) is 0 Å². The molecule has 0 saturated carbocycles. The van der Waals surface area contributed by atoms with Crippen LogP contribution in [-0.2, 0) is 34.6 Å². The largest absolute Gasteiger partial charge is 4.00 e. The molecule has 0 aliphatic heterocycles. The van der Waals surface area contributed by atoms with Gasteiger partial charge in [0.2, 0.25) is 0 Å². The minimum absolute atomic E-state index is 0. The van der Waals surface area contributed by atoms with Crippen molar-refractivity contribution in [3.05, 3.63) is 51.1 Å². The van der Waals surface area contributed by atoms with E-state index in [0.717, 1.165) is 0 Å². The number of rotatable bonds is 9. The molecule has 0 N–H and O–H groups in total. The summed E-state index contributed by atoms with van der Waals surface area (Å²) in [5.74, 6) is 0. The summed E-state index contributed by atoms with van der Waals surface area (Å²) in [6, 6.07) is 4.92. The smallest absolute Gasteiger partial charge is 1.00 e. The zero-order valence-corrected chi connectivity index (χ0v) is 25.2. The first-order valence-corrected chi connectivity index (χ1v) is 12.2. The number of hydrogen-bond donors (Lipinski definition) is 0. The van der Waals surface area contributed by atoms with Crippen molar-refractivity contribution in [3.8, 4) is 0 Å². The molecule has 0 nitrogen and oxygen atoms in total. The van der Waals surface area contributed by atoms with Gasteiger partial charge in [-0.15, -0.1) is 0 Å². The van der Waals surface area contributed by atoms with Gasteiger partial charge < -0.3 is 37.2 Å². The Kier molecular flexibility index (Phi) is 19.7. The normalized spacial score (nSPS) is 10.2. The summed E-state index contributed by atoms with van der Waals surface area (Å²) < 4.78 is 0. The standard InChI is InChI=1S/C25H39Si.3ClH.Ti/c1-8-10-12-14-23-16-15-22(13-11-9-2)25(23)26-24-20(6)18(4)17(3)19(5)21(24)7;;;;/h15-16H,8-14,26H2,1-7H3;3*1H;/q-1;;;;+4/p-3. The SMILES string of the molecule is CCCCC[c-]1ccc(CCCC)c1[SiH2]c1c(C)c(C)c(C)c(C)c1C.[Cl-].[Cl-].[Cl-].[Ti+4]. The summed E-state index contributed by atoms with van der Waals surface area (Å²) >= 11 is 0. The zero-order chi connectivity index (χ0) is 19.3. The molecule has 2 aromatic rings. The van der Waals surface area contributed by atoms with Gasteiger partial charge in [0.15, 0.2) is 0 Å². The van der Waals surface area contributed by atoms with Crippen molar-refractivity contribution in [2.45, 2.75) is 93.4 Å². The average Bonchev–Trinajstić information content (AvgIpc) is 3.02. The Morgan fingerprint density at radius 1 is 0.733 bits per heavy atom. The summed E-state index contributed by atoms with van der Waals surface area (Å²) in [6.07, 6.45) is 9.18. The van der Waals surface area contributed by atoms with Crippen molar-refractivity contribution in [3.63, 3.8) is 0 Å². The monoisotopic (exact) mass is 520 g/mol. The molecule has 168 valence electrons. The molecule has 0 saturated heterocycles. The third kappa shape index (κ3) is 8.38. The van der Waals surface area contributed by atoms with Crippen LogP contribution in [0.1, 0.15) is 84.9 Å². The fourth-order valence-corrected chi connectivity index (χ4v) is 6.71. The van der Waals surface area contributed by atoms with Crippen LogP contribution in [0, 0.1) is 34.6 Å². The van der Waals surface area contributed by atoms with Crippen LogP contribution < -0.4 is 47.6 Å². The van der Waals surface area contributed by atoms with Gasteiger partial charge >= 0.3 is 21.7 Å². The van der Waals surface area contributed by atoms with Gasteiger partial charge in [-0.1, -0.05) is 64.0 Å². The van der Waals surface area contributed by atoms with Gasteiger partial charge in [0.05, 0.1) is 9.52 Å². The van der Waals surface area contributed by atoms with Crippen LogP contribution in [0.5, 0.6) is 0 Å². The van der Waals surface area contributed by atoms with E-state index in [0.29, 0.717) is 0 Å². The summed E-state index contributed by atoms with van der Waals surface area (Å²) in [5, 5.41) is 3.50. The van der Waals surface area contributed by atoms with Gasteiger partial charge in [0, 0.05) is 0 Å². The van der Waals surface area contributed by atoms with Crippen molar-refractivity contribution in [1.82, 2.24) is 0 Å². The fourth-order valence-electron chi connectivity index (χ4n) is 4.26. The summed E-state index contributed by atoms with van der Waals surface area (Å²) in [6.45, 7) is 16.3. The maximum absolute atomic E-state index is 2.46. The average molecular weight is 522 g/mol. The Labute approximate surface area is 222 Å². The zero-order valence-electron chi connectivity index (χ0n) is 19.9. The number of halogens is 3. The fraction of sp³-hybridized carbons (Fsp3) is 0.560. The molecule has 2 rings (SSSR count). The molecule has 0 spiro atoms. The van der Waals surface area contributed by atoms with Gasteiger partial charge in [0.1, 0.15) is 0 Å². The van der Waals surface area contributed by atoms with E-state index in [1.54, 1.807) is 32.6 Å². The van der Waals surface area contributed by atoms with Gasteiger partial charge in [-0.25, -0.2) is 6.07 Å². The van der Waals surface area contributed by atoms with Crippen LogP contribution in [0.15, 0.2) is 12.1 Å². The van der Waals surface area contributed by atoms with E-state index < -0.39 is 9.52 Å². The molecule has 0 unspecified atom stereocenters. The third-order valence-electron chi connectivity index (χ3n) is 6.62. The predicted octanol–water partition coefficient (Wildman–Crippen LogP) is -3.85. The van der Waals surface area contributed by atoms with E-state index in [9.17, 15) is 0 Å². The van der Waals surface area contributed by atoms with Crippen LogP contribution in [-0.4, -0.2) is 9.52 Å². The quantitative estimate of drug-likeness (QED) is 0.180. The molecule has 0 amide bonds. The number of aryl methyl sites for hydroxylation is 2. The molecule has 0 aliphatic carbocycles. The van der Waals surface area contributed by atoms with Gasteiger partial charge in [-0.2, -0.15) is 22.4 Å². The Hall–Kier alpha value is 0.371. The van der Waals surface area contributed by atoms with E-state index in [2.05, 4.69) is 60.6 Å². The molecular weight excluding hydrogens is 483 g/mol. The molecule has 0 fully saturated rings. The molecule has 30 heavy (non-hydrogen) atoms. The van der Waals surface area contributed by atoms with Crippen molar-refractivity contribution >= 4 is 19.9 Å². The Balaban J connectivity index is -0.00000182. The second-order valence-electron chi connectivity index (χ2n) is 8.20. The number of hydrogen-bond acceptors (Lipinski definition) is 0. The van der Waals surface area contributed by atoms with Crippen LogP contribution >= 0.6 is 0 Å². The van der Waals surface area contributed by atoms with E-state index >= 15 is 0 Å². The molecular formula is C25H39Cl3SiTi. The topological polar surface area (TPSA) is 0 Å². The molecule has 0 atom stereocenters. The first-order chi connectivity index (χ1) is 12.4. The molecule has 0 aliphatic rings. The minimum Gasteiger partial charge on any atom is -1.00 e. The number of benzene rings is 1. The molecule has 0 heterocycles. The molecule has 0 radical (unpaired) electrons. The van der Waals surface area contributed by atoms with E-state index in [-0.39, 0.29) is 58.9 Å². The van der Waals surface area contributed by atoms with Gasteiger partial charge in [-0.3, -0.25) is 0 Å². The van der Waals surface area contributed by atoms with Crippen LogP contribution in [0.3, 0.4) is 0 Å². The predicted molar refractivity (Wildman–Crippen MR) is 122 cm³/mol. The Bertz CT molecular complexity index is 724. The van der Waals surface area contributed by atoms with Crippen molar-refractivity contribution in [2.24, 2.45) is 0 Å². The summed E-state index contributed by atoms with van der Waals surface area (Å²) in [4.78, 5) is 0. The maximum atomic E-state index is 2.46. The second kappa shape index (κ2) is 16.9. The van der Waals surface area contributed by atoms with E-state index in [4.69, 9.17) is 0 Å². The first-order valence-electron chi connectivity index (χ1n) is 10.7. The molecule has 0 aromatic heterocycles. The van der Waals surface area contributed by atoms with Crippen LogP contribution in [0.25, 0.3) is 0 Å². The van der Waals surface area contributed by atoms with Gasteiger partial charge in [-0.05, 0) is 62.4 Å². The van der Waals surface area contributed by atoms with Crippen molar-refractivity contribution < 1.29 is 58.9 Å². The molecule has 2 aromatic carbocycles. The third-order valence-corrected chi connectivity index (χ3v) is 9.30. The van der Waals surface area contributed by atoms with Crippen LogP contribution in [0.4, 0.5) is 0 Å².